The number of benzene rings is 3. The molecule has 6 nitrogen and oxygen atoms in total. The molecule has 0 aliphatic carbocycles. The molecular weight excluding hydrogens is 446 g/mol. The van der Waals surface area contributed by atoms with Crippen molar-refractivity contribution in [3.63, 3.8) is 0 Å². The van der Waals surface area contributed by atoms with Crippen LogP contribution in [0.3, 0.4) is 0 Å². The minimum absolute atomic E-state index is 0.0478. The van der Waals surface area contributed by atoms with Crippen LogP contribution in [-0.4, -0.2) is 29.5 Å². The molecule has 3 aromatic carbocycles. The Morgan fingerprint density at radius 3 is 2.44 bits per heavy atom. The van der Waals surface area contributed by atoms with Crippen LogP contribution in [0.15, 0.2) is 77.7 Å². The molecule has 8 heteroatoms. The summed E-state index contributed by atoms with van der Waals surface area (Å²) < 4.78 is 0. The molecular formula is C24H20ClN3O3S. The van der Waals surface area contributed by atoms with Crippen LogP contribution in [0.4, 0.5) is 17.1 Å². The topological polar surface area (TPSA) is 78.5 Å². The second-order valence-corrected chi connectivity index (χ2v) is 9.09. The number of carbonyl (C=O) groups excluding carboxylic acids is 3. The molecule has 32 heavy (non-hydrogen) atoms. The first-order valence-corrected chi connectivity index (χ1v) is 11.2. The summed E-state index contributed by atoms with van der Waals surface area (Å²) >= 11 is 7.33. The Labute approximate surface area is 194 Å². The molecule has 0 saturated carbocycles. The number of fused-ring (bicyclic) bond motifs is 1. The molecule has 0 saturated heterocycles. The summed E-state index contributed by atoms with van der Waals surface area (Å²) in [4.78, 5) is 40.0. The van der Waals surface area contributed by atoms with E-state index in [1.165, 1.54) is 16.7 Å². The maximum Gasteiger partial charge on any atom is 0.258 e. The summed E-state index contributed by atoms with van der Waals surface area (Å²) in [5.74, 6) is -0.671. The molecule has 4 rings (SSSR count). The van der Waals surface area contributed by atoms with Crippen LogP contribution in [0.2, 0.25) is 5.02 Å². The quantitative estimate of drug-likeness (QED) is 0.516. The number of amides is 3. The Hall–Kier alpha value is -3.29. The highest BCUT2D eigenvalue weighted by molar-refractivity contribution is 8.00. The van der Waals surface area contributed by atoms with E-state index in [1.807, 2.05) is 25.1 Å². The molecule has 0 aromatic heterocycles. The monoisotopic (exact) mass is 465 g/mol. The Bertz CT molecular complexity index is 1170. The lowest BCUT2D eigenvalue weighted by atomic mass is 10.1. The van der Waals surface area contributed by atoms with Crippen molar-refractivity contribution >= 4 is 58.1 Å². The van der Waals surface area contributed by atoms with E-state index >= 15 is 0 Å². The highest BCUT2D eigenvalue weighted by atomic mass is 35.5. The van der Waals surface area contributed by atoms with Gasteiger partial charge in [0.25, 0.3) is 5.91 Å². The van der Waals surface area contributed by atoms with E-state index in [4.69, 9.17) is 11.6 Å². The van der Waals surface area contributed by atoms with E-state index < -0.39 is 0 Å². The Morgan fingerprint density at radius 2 is 1.72 bits per heavy atom. The first-order valence-electron chi connectivity index (χ1n) is 9.94. The zero-order valence-electron chi connectivity index (χ0n) is 17.2. The summed E-state index contributed by atoms with van der Waals surface area (Å²) in [6, 6.07) is 21.1. The summed E-state index contributed by atoms with van der Waals surface area (Å²) in [7, 11) is 0. The SMILES string of the molecule is CC(Sc1ccc(Cl)cc1)C(=O)Nc1ccc(C(=O)N2CC(=O)Nc3ccccc32)cc1. The Balaban J connectivity index is 1.42. The van der Waals surface area contributed by atoms with Crippen molar-refractivity contribution in [2.75, 3.05) is 22.1 Å². The fourth-order valence-corrected chi connectivity index (χ4v) is 4.27. The molecule has 1 aliphatic heterocycles. The number of nitrogens with zero attached hydrogens (tertiary/aromatic N) is 1. The van der Waals surface area contributed by atoms with Gasteiger partial charge < -0.3 is 10.6 Å². The maximum atomic E-state index is 13.0. The third kappa shape index (κ3) is 4.95. The van der Waals surface area contributed by atoms with Gasteiger partial charge in [-0.1, -0.05) is 23.7 Å². The van der Waals surface area contributed by atoms with Gasteiger partial charge in [0.15, 0.2) is 0 Å². The van der Waals surface area contributed by atoms with Gasteiger partial charge in [0, 0.05) is 21.2 Å². The number of anilines is 3. The predicted molar refractivity (Wildman–Crippen MR) is 129 cm³/mol. The van der Waals surface area contributed by atoms with Crippen molar-refractivity contribution < 1.29 is 14.4 Å². The van der Waals surface area contributed by atoms with Crippen molar-refractivity contribution in [3.8, 4) is 0 Å². The van der Waals surface area contributed by atoms with E-state index in [0.717, 1.165) is 4.90 Å². The largest absolute Gasteiger partial charge is 0.325 e. The van der Waals surface area contributed by atoms with E-state index in [0.29, 0.717) is 27.6 Å². The number of rotatable bonds is 5. The molecule has 1 unspecified atom stereocenters. The second kappa shape index (κ2) is 9.46. The van der Waals surface area contributed by atoms with Gasteiger partial charge in [0.2, 0.25) is 11.8 Å². The summed E-state index contributed by atoms with van der Waals surface area (Å²) in [5, 5.41) is 5.96. The van der Waals surface area contributed by atoms with Crippen molar-refractivity contribution in [2.45, 2.75) is 17.1 Å². The first kappa shape index (κ1) is 21.9. The van der Waals surface area contributed by atoms with Crippen molar-refractivity contribution in [1.82, 2.24) is 0 Å². The molecule has 0 radical (unpaired) electrons. The highest BCUT2D eigenvalue weighted by Crippen LogP contribution is 2.30. The van der Waals surface area contributed by atoms with Gasteiger partial charge in [-0.15, -0.1) is 11.8 Å². The number of halogens is 1. The lowest BCUT2D eigenvalue weighted by Crippen LogP contribution is -2.42. The van der Waals surface area contributed by atoms with Crippen LogP contribution >= 0.6 is 23.4 Å². The first-order chi connectivity index (χ1) is 15.4. The van der Waals surface area contributed by atoms with Crippen LogP contribution in [0.5, 0.6) is 0 Å². The Kier molecular flexibility index (Phi) is 6.48. The molecule has 1 heterocycles. The van der Waals surface area contributed by atoms with Gasteiger partial charge >= 0.3 is 0 Å². The zero-order valence-corrected chi connectivity index (χ0v) is 18.7. The molecule has 162 valence electrons. The lowest BCUT2D eigenvalue weighted by Gasteiger charge is -2.29. The molecule has 1 atom stereocenters. The van der Waals surface area contributed by atoms with E-state index in [1.54, 1.807) is 54.6 Å². The number of nitrogens with one attached hydrogen (secondary N) is 2. The molecule has 0 spiro atoms. The fourth-order valence-electron chi connectivity index (χ4n) is 3.28. The molecule has 3 aromatic rings. The van der Waals surface area contributed by atoms with Gasteiger partial charge in [-0.25, -0.2) is 0 Å². The molecule has 2 N–H and O–H groups in total. The van der Waals surface area contributed by atoms with E-state index in [-0.39, 0.29) is 29.5 Å². The highest BCUT2D eigenvalue weighted by Gasteiger charge is 2.27. The number of hydrogen-bond donors (Lipinski definition) is 2. The standard InChI is InChI=1S/C24H20ClN3O3S/c1-15(32-19-12-8-17(25)9-13-19)23(30)26-18-10-6-16(7-11-18)24(31)28-14-22(29)27-20-4-2-3-5-21(20)28/h2-13,15H,14H2,1H3,(H,26,30)(H,27,29). The smallest absolute Gasteiger partial charge is 0.258 e. The second-order valence-electron chi connectivity index (χ2n) is 7.24. The minimum atomic E-state index is -0.319. The van der Waals surface area contributed by atoms with Crippen molar-refractivity contribution in [3.05, 3.63) is 83.4 Å². The van der Waals surface area contributed by atoms with Gasteiger partial charge in [0.1, 0.15) is 6.54 Å². The predicted octanol–water partition coefficient (Wildman–Crippen LogP) is 5.06. The minimum Gasteiger partial charge on any atom is -0.325 e. The van der Waals surface area contributed by atoms with Gasteiger partial charge in [-0.3, -0.25) is 19.3 Å². The van der Waals surface area contributed by atoms with Crippen LogP contribution in [0, 0.1) is 0 Å². The van der Waals surface area contributed by atoms with Gasteiger partial charge in [0.05, 0.1) is 16.6 Å². The summed E-state index contributed by atoms with van der Waals surface area (Å²) in [6.45, 7) is 1.78. The summed E-state index contributed by atoms with van der Waals surface area (Å²) in [5.41, 5.74) is 2.28. The van der Waals surface area contributed by atoms with Gasteiger partial charge in [-0.2, -0.15) is 0 Å². The molecule has 0 fully saturated rings. The Morgan fingerprint density at radius 1 is 1.03 bits per heavy atom. The average molecular weight is 466 g/mol. The zero-order chi connectivity index (χ0) is 22.7. The third-order valence-corrected chi connectivity index (χ3v) is 6.27. The van der Waals surface area contributed by atoms with Crippen LogP contribution < -0.4 is 15.5 Å². The third-order valence-electron chi connectivity index (χ3n) is 4.91. The molecule has 3 amide bonds. The van der Waals surface area contributed by atoms with Crippen molar-refractivity contribution in [1.29, 1.82) is 0 Å². The van der Waals surface area contributed by atoms with Crippen LogP contribution in [0.1, 0.15) is 17.3 Å². The molecule has 1 aliphatic rings. The van der Waals surface area contributed by atoms with Crippen LogP contribution in [0.25, 0.3) is 0 Å². The van der Waals surface area contributed by atoms with Gasteiger partial charge in [-0.05, 0) is 67.6 Å². The normalized spacial score (nSPS) is 13.7. The number of hydrogen-bond acceptors (Lipinski definition) is 4. The lowest BCUT2D eigenvalue weighted by molar-refractivity contribution is -0.116. The molecule has 0 bridgehead atoms. The van der Waals surface area contributed by atoms with E-state index in [2.05, 4.69) is 10.6 Å². The van der Waals surface area contributed by atoms with Crippen molar-refractivity contribution in [2.24, 2.45) is 0 Å². The maximum absolute atomic E-state index is 13.0. The van der Waals surface area contributed by atoms with E-state index in [9.17, 15) is 14.4 Å². The van der Waals surface area contributed by atoms with Crippen LogP contribution in [-0.2, 0) is 9.59 Å². The number of thioether (sulfide) groups is 1. The summed E-state index contributed by atoms with van der Waals surface area (Å²) in [6.07, 6.45) is 0. The number of carbonyl (C=O) groups is 3. The average Bonchev–Trinajstić information content (AvgIpc) is 2.80. The number of para-hydroxylation sites is 2. The fraction of sp³-hybridized carbons (Fsp3) is 0.125.